The molecule has 1 unspecified atom stereocenters. The Kier molecular flexibility index (Phi) is 7.22. The normalized spacial score (nSPS) is 33.0. The first-order valence-electron chi connectivity index (χ1n) is 14.2. The topological polar surface area (TPSA) is 90.4 Å². The highest BCUT2D eigenvalue weighted by Gasteiger charge is 2.76. The highest BCUT2D eigenvalue weighted by atomic mass is 16.5. The first kappa shape index (κ1) is 27.6. The van der Waals surface area contributed by atoms with Crippen molar-refractivity contribution in [1.82, 2.24) is 14.7 Å². The van der Waals surface area contributed by atoms with Crippen molar-refractivity contribution in [2.75, 3.05) is 19.7 Å². The van der Waals surface area contributed by atoms with E-state index in [4.69, 9.17) is 4.74 Å². The van der Waals surface area contributed by atoms with Gasteiger partial charge in [0.2, 0.25) is 17.7 Å². The lowest BCUT2D eigenvalue weighted by molar-refractivity contribution is -0.159. The number of rotatable bonds is 7. The molecule has 0 saturated carbocycles. The van der Waals surface area contributed by atoms with Crippen molar-refractivity contribution < 1.29 is 24.2 Å². The SMILES string of the molecule is CC[C@]12C=CCN(Cc3ccccc3)C(=O)[C@H]1[C@H]1C(=O)N([C@@H](CO)C(C)C)C3C(=O)N(C(C)C)CC=C[C@@]31O2. The molecule has 3 amide bonds. The van der Waals surface area contributed by atoms with Crippen LogP contribution in [0.5, 0.6) is 0 Å². The van der Waals surface area contributed by atoms with Crippen LogP contribution in [-0.4, -0.2) is 86.6 Å². The van der Waals surface area contributed by atoms with Crippen molar-refractivity contribution in [3.05, 3.63) is 60.2 Å². The monoisotopic (exact) mass is 535 g/mol. The number of aliphatic hydroxyl groups is 1. The summed E-state index contributed by atoms with van der Waals surface area (Å²) in [5, 5.41) is 10.4. The molecular formula is C31H41N3O5. The number of likely N-dealkylation sites (tertiary alicyclic amines) is 1. The van der Waals surface area contributed by atoms with Crippen LogP contribution < -0.4 is 0 Å². The molecule has 1 aromatic rings. The minimum Gasteiger partial charge on any atom is -0.394 e. The van der Waals surface area contributed by atoms with Crippen molar-refractivity contribution in [2.24, 2.45) is 17.8 Å². The summed E-state index contributed by atoms with van der Waals surface area (Å²) in [7, 11) is 0. The first-order valence-corrected chi connectivity index (χ1v) is 14.2. The number of ether oxygens (including phenoxy) is 1. The van der Waals surface area contributed by atoms with Crippen LogP contribution in [0.4, 0.5) is 0 Å². The number of benzene rings is 1. The van der Waals surface area contributed by atoms with Gasteiger partial charge in [0.25, 0.3) is 0 Å². The second-order valence-electron chi connectivity index (χ2n) is 12.0. The third kappa shape index (κ3) is 4.14. The summed E-state index contributed by atoms with van der Waals surface area (Å²) in [4.78, 5) is 48.4. The number of amides is 3. The van der Waals surface area contributed by atoms with Crippen molar-refractivity contribution in [2.45, 2.75) is 76.9 Å². The van der Waals surface area contributed by atoms with E-state index in [-0.39, 0.29) is 36.3 Å². The summed E-state index contributed by atoms with van der Waals surface area (Å²) in [6.45, 7) is 10.7. The summed E-state index contributed by atoms with van der Waals surface area (Å²) >= 11 is 0. The Labute approximate surface area is 231 Å². The van der Waals surface area contributed by atoms with Gasteiger partial charge in [0.1, 0.15) is 11.6 Å². The lowest BCUT2D eigenvalue weighted by Gasteiger charge is -2.42. The number of carbonyl (C=O) groups excluding carboxylic acids is 3. The summed E-state index contributed by atoms with van der Waals surface area (Å²) in [6, 6.07) is 8.19. The molecule has 1 N–H and O–H groups in total. The molecule has 210 valence electrons. The molecule has 0 aromatic heterocycles. The lowest BCUT2D eigenvalue weighted by atomic mass is 9.73. The zero-order chi connectivity index (χ0) is 28.1. The van der Waals surface area contributed by atoms with Gasteiger partial charge in [-0.25, -0.2) is 0 Å². The zero-order valence-corrected chi connectivity index (χ0v) is 23.6. The predicted octanol–water partition coefficient (Wildman–Crippen LogP) is 2.77. The van der Waals surface area contributed by atoms with E-state index in [1.165, 1.54) is 0 Å². The molecule has 1 spiro atoms. The molecule has 8 heteroatoms. The van der Waals surface area contributed by atoms with Gasteiger partial charge in [-0.15, -0.1) is 0 Å². The second kappa shape index (κ2) is 10.2. The highest BCUT2D eigenvalue weighted by molar-refractivity contribution is 6.00. The van der Waals surface area contributed by atoms with Crippen LogP contribution >= 0.6 is 0 Å². The molecule has 39 heavy (non-hydrogen) atoms. The third-order valence-electron chi connectivity index (χ3n) is 9.15. The Hall–Kier alpha value is -2.97. The van der Waals surface area contributed by atoms with Gasteiger partial charge in [-0.3, -0.25) is 14.4 Å². The van der Waals surface area contributed by atoms with E-state index in [1.54, 1.807) is 14.7 Å². The molecule has 8 nitrogen and oxygen atoms in total. The van der Waals surface area contributed by atoms with E-state index >= 15 is 0 Å². The molecule has 2 fully saturated rings. The third-order valence-corrected chi connectivity index (χ3v) is 9.15. The molecule has 1 aromatic carbocycles. The molecule has 4 aliphatic heterocycles. The van der Waals surface area contributed by atoms with Crippen LogP contribution in [-0.2, 0) is 25.7 Å². The summed E-state index contributed by atoms with van der Waals surface area (Å²) in [6.07, 6.45) is 8.20. The largest absolute Gasteiger partial charge is 0.394 e. The maximum Gasteiger partial charge on any atom is 0.249 e. The van der Waals surface area contributed by atoms with Crippen LogP contribution in [0.25, 0.3) is 0 Å². The van der Waals surface area contributed by atoms with Crippen LogP contribution in [0.3, 0.4) is 0 Å². The van der Waals surface area contributed by atoms with E-state index in [0.29, 0.717) is 26.1 Å². The number of fused-ring (bicyclic) bond motifs is 2. The van der Waals surface area contributed by atoms with Crippen molar-refractivity contribution >= 4 is 17.7 Å². The smallest absolute Gasteiger partial charge is 0.249 e. The maximum absolute atomic E-state index is 14.6. The van der Waals surface area contributed by atoms with Gasteiger partial charge in [0.15, 0.2) is 0 Å². The van der Waals surface area contributed by atoms with E-state index in [2.05, 4.69) is 0 Å². The average Bonchev–Trinajstić information content (AvgIpc) is 3.20. The van der Waals surface area contributed by atoms with E-state index < -0.39 is 35.1 Å². The van der Waals surface area contributed by atoms with E-state index in [1.807, 2.05) is 89.3 Å². The fourth-order valence-electron chi connectivity index (χ4n) is 7.16. The molecule has 2 saturated heterocycles. The zero-order valence-electron chi connectivity index (χ0n) is 23.6. The summed E-state index contributed by atoms with van der Waals surface area (Å²) < 4.78 is 7.01. The van der Waals surface area contributed by atoms with Gasteiger partial charge in [-0.2, -0.15) is 0 Å². The molecule has 0 radical (unpaired) electrons. The van der Waals surface area contributed by atoms with Crippen molar-refractivity contribution in [1.29, 1.82) is 0 Å². The highest BCUT2D eigenvalue weighted by Crippen LogP contribution is 2.59. The van der Waals surface area contributed by atoms with Gasteiger partial charge in [-0.05, 0) is 31.7 Å². The minimum absolute atomic E-state index is 0.0881. The number of hydrogen-bond acceptors (Lipinski definition) is 5. The first-order chi connectivity index (χ1) is 18.6. The molecule has 4 heterocycles. The maximum atomic E-state index is 14.6. The number of carbonyl (C=O) groups is 3. The van der Waals surface area contributed by atoms with Crippen LogP contribution in [0.2, 0.25) is 0 Å². The molecule has 0 bridgehead atoms. The predicted molar refractivity (Wildman–Crippen MR) is 147 cm³/mol. The Morgan fingerprint density at radius 1 is 0.949 bits per heavy atom. The second-order valence-corrected chi connectivity index (χ2v) is 12.0. The van der Waals surface area contributed by atoms with Gasteiger partial charge < -0.3 is 24.5 Å². The molecule has 5 rings (SSSR count). The average molecular weight is 536 g/mol. The molecular weight excluding hydrogens is 494 g/mol. The number of nitrogens with zero attached hydrogens (tertiary/aromatic N) is 3. The minimum atomic E-state index is -1.31. The molecule has 6 atom stereocenters. The van der Waals surface area contributed by atoms with Crippen LogP contribution in [0, 0.1) is 17.8 Å². The Bertz CT molecular complexity index is 1180. The Balaban J connectivity index is 1.66. The summed E-state index contributed by atoms with van der Waals surface area (Å²) in [5.41, 5.74) is -1.32. The number of hydrogen-bond donors (Lipinski definition) is 1. The van der Waals surface area contributed by atoms with Gasteiger partial charge in [-0.1, -0.05) is 75.4 Å². The Morgan fingerprint density at radius 3 is 2.26 bits per heavy atom. The number of aliphatic hydroxyl groups excluding tert-OH is 1. The van der Waals surface area contributed by atoms with E-state index in [9.17, 15) is 19.5 Å². The van der Waals surface area contributed by atoms with Gasteiger partial charge in [0, 0.05) is 25.7 Å². The van der Waals surface area contributed by atoms with Crippen LogP contribution in [0.1, 0.15) is 46.6 Å². The quantitative estimate of drug-likeness (QED) is 0.543. The standard InChI is InChI=1S/C31H41N3O5/c1-6-30-14-10-16-32(18-22-12-8-7-9-13-22)27(36)24(30)25-28(37)34(23(19-35)20(2)3)26-29(38)33(21(4)5)17-11-15-31(25,26)39-30/h7-15,20-21,23-26,35H,6,16-19H2,1-5H3/t23-,24+,25-,26?,30-,31-/m0/s1. The van der Waals surface area contributed by atoms with E-state index in [0.717, 1.165) is 5.56 Å². The lowest BCUT2D eigenvalue weighted by Crippen LogP contribution is -2.60. The van der Waals surface area contributed by atoms with Crippen molar-refractivity contribution in [3.63, 3.8) is 0 Å². The fraction of sp³-hybridized carbons (Fsp3) is 0.581. The van der Waals surface area contributed by atoms with Gasteiger partial charge in [0.05, 0.1) is 30.1 Å². The summed E-state index contributed by atoms with van der Waals surface area (Å²) in [5.74, 6) is -2.41. The van der Waals surface area contributed by atoms with Gasteiger partial charge >= 0.3 is 0 Å². The fourth-order valence-corrected chi connectivity index (χ4v) is 7.16. The molecule has 0 aliphatic carbocycles. The van der Waals surface area contributed by atoms with Crippen LogP contribution in [0.15, 0.2) is 54.6 Å². The van der Waals surface area contributed by atoms with Crippen molar-refractivity contribution in [3.8, 4) is 0 Å². The molecule has 4 aliphatic rings. The Morgan fingerprint density at radius 2 is 1.64 bits per heavy atom.